The van der Waals surface area contributed by atoms with E-state index in [1.165, 1.54) is 0 Å². The molecule has 0 unspecified atom stereocenters. The molecule has 23 heavy (non-hydrogen) atoms. The van der Waals surface area contributed by atoms with Crippen LogP contribution >= 0.6 is 22.9 Å². The van der Waals surface area contributed by atoms with Gasteiger partial charge in [0.2, 0.25) is 0 Å². The first-order valence-electron chi connectivity index (χ1n) is 7.00. The molecule has 0 bridgehead atoms. The van der Waals surface area contributed by atoms with E-state index in [9.17, 15) is 4.79 Å². The Balaban J connectivity index is 1.83. The van der Waals surface area contributed by atoms with Crippen molar-refractivity contribution in [2.45, 2.75) is 6.54 Å². The van der Waals surface area contributed by atoms with Crippen molar-refractivity contribution >= 4 is 40.5 Å². The summed E-state index contributed by atoms with van der Waals surface area (Å²) < 4.78 is 0. The van der Waals surface area contributed by atoms with Crippen LogP contribution in [0.15, 0.2) is 66.2 Å². The number of carbonyl (C=O) groups excluding carboxylic acids is 1. The lowest BCUT2D eigenvalue weighted by Crippen LogP contribution is -2.34. The van der Waals surface area contributed by atoms with Crippen LogP contribution in [0.4, 0.5) is 16.3 Å². The highest BCUT2D eigenvalue weighted by Crippen LogP contribution is 2.20. The fraction of sp³-hybridized carbons (Fsp3) is 0.0588. The molecule has 3 rings (SSSR count). The molecule has 1 N–H and O–H groups in total. The van der Waals surface area contributed by atoms with Gasteiger partial charge in [0.25, 0.3) is 0 Å². The van der Waals surface area contributed by atoms with Crippen LogP contribution in [-0.4, -0.2) is 11.0 Å². The number of rotatable bonds is 4. The number of nitrogens with one attached hydrogen (secondary N) is 1. The number of halogens is 1. The molecule has 0 aliphatic carbocycles. The van der Waals surface area contributed by atoms with Gasteiger partial charge in [0, 0.05) is 21.8 Å². The van der Waals surface area contributed by atoms with Gasteiger partial charge in [-0.3, -0.25) is 4.90 Å². The molecule has 0 aliphatic heterocycles. The average Bonchev–Trinajstić information content (AvgIpc) is 3.06. The molecule has 116 valence electrons. The number of aromatic nitrogens is 1. The molecular weight excluding hydrogens is 330 g/mol. The van der Waals surface area contributed by atoms with Crippen molar-refractivity contribution in [1.82, 2.24) is 4.98 Å². The van der Waals surface area contributed by atoms with E-state index in [-0.39, 0.29) is 6.03 Å². The number of amides is 2. The Bertz CT molecular complexity index is 778. The summed E-state index contributed by atoms with van der Waals surface area (Å²) >= 11 is 7.57. The zero-order valence-electron chi connectivity index (χ0n) is 12.1. The van der Waals surface area contributed by atoms with Crippen molar-refractivity contribution in [2.75, 3.05) is 10.2 Å². The summed E-state index contributed by atoms with van der Waals surface area (Å²) in [6.45, 7) is 0.459. The normalized spacial score (nSPS) is 10.3. The van der Waals surface area contributed by atoms with E-state index in [0.29, 0.717) is 23.1 Å². The van der Waals surface area contributed by atoms with Crippen LogP contribution in [0, 0.1) is 0 Å². The van der Waals surface area contributed by atoms with Crippen LogP contribution in [-0.2, 0) is 6.54 Å². The fourth-order valence-electron chi connectivity index (χ4n) is 2.09. The molecule has 0 aliphatic rings. The van der Waals surface area contributed by atoms with Crippen molar-refractivity contribution < 1.29 is 4.79 Å². The SMILES string of the molecule is O=C(Nc1cccc(Cl)c1)N(Cc1cccs1)c1ccccn1. The van der Waals surface area contributed by atoms with Crippen LogP contribution < -0.4 is 10.2 Å². The second-order valence-electron chi connectivity index (χ2n) is 4.79. The highest BCUT2D eigenvalue weighted by atomic mass is 35.5. The van der Waals surface area contributed by atoms with Gasteiger partial charge in [-0.2, -0.15) is 0 Å². The fourth-order valence-corrected chi connectivity index (χ4v) is 2.97. The molecule has 0 fully saturated rings. The topological polar surface area (TPSA) is 45.2 Å². The van der Waals surface area contributed by atoms with E-state index < -0.39 is 0 Å². The zero-order valence-corrected chi connectivity index (χ0v) is 13.7. The quantitative estimate of drug-likeness (QED) is 0.721. The number of hydrogen-bond acceptors (Lipinski definition) is 3. The zero-order chi connectivity index (χ0) is 16.1. The maximum absolute atomic E-state index is 12.7. The third-order valence-corrected chi connectivity index (χ3v) is 4.24. The van der Waals surface area contributed by atoms with Gasteiger partial charge < -0.3 is 5.32 Å². The lowest BCUT2D eigenvalue weighted by Gasteiger charge is -2.21. The Morgan fingerprint density at radius 3 is 2.78 bits per heavy atom. The van der Waals surface area contributed by atoms with Gasteiger partial charge in [-0.15, -0.1) is 11.3 Å². The number of urea groups is 1. The van der Waals surface area contributed by atoms with E-state index in [4.69, 9.17) is 11.6 Å². The first-order chi connectivity index (χ1) is 11.2. The first kappa shape index (κ1) is 15.5. The van der Waals surface area contributed by atoms with Crippen LogP contribution in [0.3, 0.4) is 0 Å². The van der Waals surface area contributed by atoms with E-state index >= 15 is 0 Å². The van der Waals surface area contributed by atoms with Crippen LogP contribution in [0.25, 0.3) is 0 Å². The third kappa shape index (κ3) is 4.09. The van der Waals surface area contributed by atoms with E-state index in [0.717, 1.165) is 4.88 Å². The molecule has 0 saturated carbocycles. The summed E-state index contributed by atoms with van der Waals surface area (Å²) in [5, 5.41) is 5.42. The van der Waals surface area contributed by atoms with Gasteiger partial charge in [0.05, 0.1) is 6.54 Å². The largest absolute Gasteiger partial charge is 0.327 e. The molecule has 0 saturated heterocycles. The van der Waals surface area contributed by atoms with E-state index in [1.54, 1.807) is 46.7 Å². The Morgan fingerprint density at radius 1 is 1.17 bits per heavy atom. The molecule has 4 nitrogen and oxygen atoms in total. The van der Waals surface area contributed by atoms with Gasteiger partial charge in [-0.1, -0.05) is 29.8 Å². The standard InChI is InChI=1S/C17H14ClN3OS/c18-13-5-3-6-14(11-13)20-17(22)21(12-15-7-4-10-23-15)16-8-1-2-9-19-16/h1-11H,12H2,(H,20,22). The van der Waals surface area contributed by atoms with Gasteiger partial charge in [0.1, 0.15) is 5.82 Å². The van der Waals surface area contributed by atoms with E-state index in [2.05, 4.69) is 10.3 Å². The highest BCUT2D eigenvalue weighted by molar-refractivity contribution is 7.09. The number of pyridine rings is 1. The van der Waals surface area contributed by atoms with Gasteiger partial charge in [-0.25, -0.2) is 9.78 Å². The number of carbonyl (C=O) groups is 1. The van der Waals surface area contributed by atoms with Gasteiger partial charge >= 0.3 is 6.03 Å². The molecule has 0 atom stereocenters. The molecule has 0 spiro atoms. The Labute approximate surface area is 143 Å². The number of thiophene rings is 1. The Morgan fingerprint density at radius 2 is 2.09 bits per heavy atom. The second kappa shape index (κ2) is 7.26. The van der Waals surface area contributed by atoms with Gasteiger partial charge in [-0.05, 0) is 41.8 Å². The van der Waals surface area contributed by atoms with Gasteiger partial charge in [0.15, 0.2) is 0 Å². The maximum Gasteiger partial charge on any atom is 0.327 e. The predicted molar refractivity (Wildman–Crippen MR) is 95.2 cm³/mol. The first-order valence-corrected chi connectivity index (χ1v) is 8.25. The summed E-state index contributed by atoms with van der Waals surface area (Å²) in [6, 6.07) is 16.3. The van der Waals surface area contributed by atoms with Crippen molar-refractivity contribution in [3.05, 3.63) is 76.1 Å². The van der Waals surface area contributed by atoms with Crippen LogP contribution in [0.1, 0.15) is 4.88 Å². The molecule has 3 aromatic rings. The minimum atomic E-state index is -0.251. The molecule has 2 amide bonds. The van der Waals surface area contributed by atoms with Crippen molar-refractivity contribution in [3.8, 4) is 0 Å². The summed E-state index contributed by atoms with van der Waals surface area (Å²) in [4.78, 5) is 19.7. The molecule has 1 aromatic carbocycles. The monoisotopic (exact) mass is 343 g/mol. The summed E-state index contributed by atoms with van der Waals surface area (Å²) in [6.07, 6.45) is 1.67. The average molecular weight is 344 g/mol. The number of hydrogen-bond donors (Lipinski definition) is 1. The number of anilines is 2. The van der Waals surface area contributed by atoms with Crippen molar-refractivity contribution in [3.63, 3.8) is 0 Å². The lowest BCUT2D eigenvalue weighted by molar-refractivity contribution is 0.256. The van der Waals surface area contributed by atoms with E-state index in [1.807, 2.05) is 35.7 Å². The molecule has 2 aromatic heterocycles. The van der Waals surface area contributed by atoms with Crippen LogP contribution in [0.5, 0.6) is 0 Å². The molecule has 0 radical (unpaired) electrons. The third-order valence-electron chi connectivity index (χ3n) is 3.14. The van der Waals surface area contributed by atoms with Crippen molar-refractivity contribution in [1.29, 1.82) is 0 Å². The summed E-state index contributed by atoms with van der Waals surface area (Å²) in [7, 11) is 0. The van der Waals surface area contributed by atoms with Crippen molar-refractivity contribution in [2.24, 2.45) is 0 Å². The molecular formula is C17H14ClN3OS. The molecule has 6 heteroatoms. The highest BCUT2D eigenvalue weighted by Gasteiger charge is 2.18. The van der Waals surface area contributed by atoms with Crippen LogP contribution in [0.2, 0.25) is 5.02 Å². The summed E-state index contributed by atoms with van der Waals surface area (Å²) in [5.74, 6) is 0.598. The maximum atomic E-state index is 12.7. The number of nitrogens with zero attached hydrogens (tertiary/aromatic N) is 2. The Kier molecular flexibility index (Phi) is 4.90. The number of benzene rings is 1. The lowest BCUT2D eigenvalue weighted by atomic mass is 10.3. The Hall–Kier alpha value is -2.37. The molecule has 2 heterocycles. The predicted octanol–water partition coefficient (Wildman–Crippen LogP) is 5.04. The second-order valence-corrected chi connectivity index (χ2v) is 6.26. The minimum Gasteiger partial charge on any atom is -0.307 e. The minimum absolute atomic E-state index is 0.251. The summed E-state index contributed by atoms with van der Waals surface area (Å²) in [5.41, 5.74) is 0.648. The smallest absolute Gasteiger partial charge is 0.307 e.